The Morgan fingerprint density at radius 1 is 1.47 bits per heavy atom. The number of likely N-dealkylation sites (N-methyl/N-ethyl adjacent to an activating group) is 1. The van der Waals surface area contributed by atoms with E-state index in [0.717, 1.165) is 5.69 Å². The molecule has 17 heavy (non-hydrogen) atoms. The van der Waals surface area contributed by atoms with Crippen LogP contribution in [0.3, 0.4) is 0 Å². The second-order valence-electron chi connectivity index (χ2n) is 5.36. The molecule has 94 valence electrons. The summed E-state index contributed by atoms with van der Waals surface area (Å²) < 4.78 is 0. The molecule has 4 heteroatoms. The fourth-order valence-electron chi connectivity index (χ4n) is 1.42. The summed E-state index contributed by atoms with van der Waals surface area (Å²) in [5.41, 5.74) is 6.58. The quantitative estimate of drug-likeness (QED) is 0.861. The van der Waals surface area contributed by atoms with Crippen molar-refractivity contribution in [2.45, 2.75) is 33.4 Å². The van der Waals surface area contributed by atoms with E-state index in [9.17, 15) is 4.79 Å². The molecule has 0 saturated carbocycles. The van der Waals surface area contributed by atoms with Crippen LogP contribution in [0.5, 0.6) is 0 Å². The van der Waals surface area contributed by atoms with Crippen molar-refractivity contribution in [2.24, 2.45) is 11.1 Å². The standard InChI is InChI=1S/C13H21N3O/c1-13(2,3)11(14)12(17)16(4)9-10-7-5-6-8-15-10/h5-8,11H,9,14H2,1-4H3. The van der Waals surface area contributed by atoms with Gasteiger partial charge in [-0.05, 0) is 17.5 Å². The highest BCUT2D eigenvalue weighted by atomic mass is 16.2. The molecule has 1 heterocycles. The molecule has 0 aliphatic rings. The Balaban J connectivity index is 2.65. The smallest absolute Gasteiger partial charge is 0.240 e. The first-order chi connectivity index (χ1) is 7.82. The summed E-state index contributed by atoms with van der Waals surface area (Å²) in [6.45, 7) is 6.38. The van der Waals surface area contributed by atoms with Crippen LogP contribution in [-0.2, 0) is 11.3 Å². The summed E-state index contributed by atoms with van der Waals surface area (Å²) in [6.07, 6.45) is 1.72. The molecule has 0 bridgehead atoms. The Morgan fingerprint density at radius 2 is 2.12 bits per heavy atom. The van der Waals surface area contributed by atoms with Crippen LogP contribution in [0.4, 0.5) is 0 Å². The fourth-order valence-corrected chi connectivity index (χ4v) is 1.42. The van der Waals surface area contributed by atoms with Crippen LogP contribution < -0.4 is 5.73 Å². The molecule has 4 nitrogen and oxygen atoms in total. The topological polar surface area (TPSA) is 59.2 Å². The van der Waals surface area contributed by atoms with E-state index in [4.69, 9.17) is 5.73 Å². The zero-order valence-corrected chi connectivity index (χ0v) is 11.0. The van der Waals surface area contributed by atoms with E-state index in [2.05, 4.69) is 4.98 Å². The fraction of sp³-hybridized carbons (Fsp3) is 0.538. The molecule has 0 saturated heterocycles. The third kappa shape index (κ3) is 3.82. The average molecular weight is 235 g/mol. The third-order valence-electron chi connectivity index (χ3n) is 2.70. The maximum Gasteiger partial charge on any atom is 0.240 e. The molecule has 2 N–H and O–H groups in total. The Kier molecular flexibility index (Phi) is 4.23. The SMILES string of the molecule is CN(Cc1ccccn1)C(=O)C(N)C(C)(C)C. The van der Waals surface area contributed by atoms with Gasteiger partial charge in [-0.25, -0.2) is 0 Å². The van der Waals surface area contributed by atoms with Gasteiger partial charge < -0.3 is 10.6 Å². The van der Waals surface area contributed by atoms with Crippen LogP contribution in [0.25, 0.3) is 0 Å². The lowest BCUT2D eigenvalue weighted by Crippen LogP contribution is -2.48. The number of carbonyl (C=O) groups excluding carboxylic acids is 1. The first-order valence-electron chi connectivity index (χ1n) is 5.73. The van der Waals surface area contributed by atoms with E-state index in [1.807, 2.05) is 39.0 Å². The molecule has 0 aromatic carbocycles. The maximum atomic E-state index is 12.1. The van der Waals surface area contributed by atoms with Crippen LogP contribution in [-0.4, -0.2) is 28.9 Å². The number of nitrogens with zero attached hydrogens (tertiary/aromatic N) is 2. The predicted molar refractivity (Wildman–Crippen MR) is 68.1 cm³/mol. The molecule has 0 aliphatic heterocycles. The number of amides is 1. The van der Waals surface area contributed by atoms with Gasteiger partial charge in [-0.2, -0.15) is 0 Å². The summed E-state index contributed by atoms with van der Waals surface area (Å²) in [5.74, 6) is -0.0526. The van der Waals surface area contributed by atoms with Gasteiger partial charge in [0.1, 0.15) is 0 Å². The van der Waals surface area contributed by atoms with Gasteiger partial charge in [0.15, 0.2) is 0 Å². The number of hydrogen-bond donors (Lipinski definition) is 1. The number of aromatic nitrogens is 1. The second-order valence-corrected chi connectivity index (χ2v) is 5.36. The van der Waals surface area contributed by atoms with Crippen LogP contribution in [0.1, 0.15) is 26.5 Å². The van der Waals surface area contributed by atoms with Crippen molar-refractivity contribution in [3.05, 3.63) is 30.1 Å². The van der Waals surface area contributed by atoms with E-state index in [-0.39, 0.29) is 11.3 Å². The van der Waals surface area contributed by atoms with Crippen molar-refractivity contribution in [1.29, 1.82) is 0 Å². The monoisotopic (exact) mass is 235 g/mol. The van der Waals surface area contributed by atoms with Crippen molar-refractivity contribution in [2.75, 3.05) is 7.05 Å². The Morgan fingerprint density at radius 3 is 2.59 bits per heavy atom. The Bertz CT molecular complexity index is 370. The average Bonchev–Trinajstić information content (AvgIpc) is 2.27. The van der Waals surface area contributed by atoms with Crippen molar-refractivity contribution in [3.8, 4) is 0 Å². The van der Waals surface area contributed by atoms with Crippen LogP contribution in [0.2, 0.25) is 0 Å². The predicted octanol–water partition coefficient (Wildman–Crippen LogP) is 1.41. The number of carbonyl (C=O) groups is 1. The molecule has 1 rings (SSSR count). The van der Waals surface area contributed by atoms with Gasteiger partial charge in [0.05, 0.1) is 18.3 Å². The van der Waals surface area contributed by atoms with Gasteiger partial charge in [-0.1, -0.05) is 26.8 Å². The lowest BCUT2D eigenvalue weighted by atomic mass is 9.86. The van der Waals surface area contributed by atoms with Gasteiger partial charge >= 0.3 is 0 Å². The van der Waals surface area contributed by atoms with Gasteiger partial charge in [-0.15, -0.1) is 0 Å². The van der Waals surface area contributed by atoms with Crippen molar-refractivity contribution in [1.82, 2.24) is 9.88 Å². The lowest BCUT2D eigenvalue weighted by molar-refractivity contribution is -0.134. The van der Waals surface area contributed by atoms with Gasteiger partial charge in [0, 0.05) is 13.2 Å². The van der Waals surface area contributed by atoms with Crippen LogP contribution in [0, 0.1) is 5.41 Å². The first kappa shape index (κ1) is 13.6. The minimum absolute atomic E-state index is 0.0526. The van der Waals surface area contributed by atoms with Gasteiger partial charge in [0.2, 0.25) is 5.91 Å². The van der Waals surface area contributed by atoms with E-state index in [1.54, 1.807) is 18.1 Å². The van der Waals surface area contributed by atoms with E-state index < -0.39 is 6.04 Å². The first-order valence-corrected chi connectivity index (χ1v) is 5.73. The molecule has 0 aliphatic carbocycles. The van der Waals surface area contributed by atoms with Crippen molar-refractivity contribution >= 4 is 5.91 Å². The molecule has 1 aromatic heterocycles. The molecular formula is C13H21N3O. The summed E-state index contributed by atoms with van der Waals surface area (Å²) in [4.78, 5) is 17.9. The Hall–Kier alpha value is -1.42. The molecule has 1 atom stereocenters. The molecule has 1 amide bonds. The second kappa shape index (κ2) is 5.27. The lowest BCUT2D eigenvalue weighted by Gasteiger charge is -2.29. The molecule has 0 radical (unpaired) electrons. The van der Waals surface area contributed by atoms with Gasteiger partial charge in [-0.3, -0.25) is 9.78 Å². The zero-order chi connectivity index (χ0) is 13.1. The van der Waals surface area contributed by atoms with E-state index in [1.165, 1.54) is 0 Å². The molecule has 0 spiro atoms. The third-order valence-corrected chi connectivity index (χ3v) is 2.70. The van der Waals surface area contributed by atoms with Crippen LogP contribution >= 0.6 is 0 Å². The minimum atomic E-state index is -0.490. The van der Waals surface area contributed by atoms with Gasteiger partial charge in [0.25, 0.3) is 0 Å². The summed E-state index contributed by atoms with van der Waals surface area (Å²) >= 11 is 0. The Labute approximate surface area is 103 Å². The number of hydrogen-bond acceptors (Lipinski definition) is 3. The molecule has 0 fully saturated rings. The van der Waals surface area contributed by atoms with E-state index >= 15 is 0 Å². The zero-order valence-electron chi connectivity index (χ0n) is 11.0. The number of rotatable bonds is 3. The van der Waals surface area contributed by atoms with E-state index in [0.29, 0.717) is 6.54 Å². The van der Waals surface area contributed by atoms with Crippen molar-refractivity contribution < 1.29 is 4.79 Å². The highest BCUT2D eigenvalue weighted by molar-refractivity contribution is 5.82. The molecular weight excluding hydrogens is 214 g/mol. The summed E-state index contributed by atoms with van der Waals surface area (Å²) in [7, 11) is 1.75. The maximum absolute atomic E-state index is 12.1. The van der Waals surface area contributed by atoms with Crippen LogP contribution in [0.15, 0.2) is 24.4 Å². The normalized spacial score (nSPS) is 13.2. The minimum Gasteiger partial charge on any atom is -0.338 e. The summed E-state index contributed by atoms with van der Waals surface area (Å²) in [6, 6.07) is 5.17. The highest BCUT2D eigenvalue weighted by Gasteiger charge is 2.29. The number of nitrogens with two attached hydrogens (primary N) is 1. The molecule has 1 aromatic rings. The largest absolute Gasteiger partial charge is 0.338 e. The summed E-state index contributed by atoms with van der Waals surface area (Å²) in [5, 5.41) is 0. The highest BCUT2D eigenvalue weighted by Crippen LogP contribution is 2.19. The molecule has 1 unspecified atom stereocenters. The number of pyridine rings is 1. The van der Waals surface area contributed by atoms with Crippen molar-refractivity contribution in [3.63, 3.8) is 0 Å².